The zero-order valence-electron chi connectivity index (χ0n) is 14.5. The van der Waals surface area contributed by atoms with Gasteiger partial charge in [-0.3, -0.25) is 8.74 Å². The van der Waals surface area contributed by atoms with Crippen LogP contribution in [0.4, 0.5) is 0 Å². The smallest absolute Gasteiger partial charge is 0.284 e. The summed E-state index contributed by atoms with van der Waals surface area (Å²) < 4.78 is 25.5. The Morgan fingerprint density at radius 3 is 1.86 bits per heavy atom. The van der Waals surface area contributed by atoms with Crippen molar-refractivity contribution in [2.75, 3.05) is 0 Å². The molecule has 1 saturated carbocycles. The first-order valence-corrected chi connectivity index (χ1v) is 10.5. The molecule has 0 aliphatic heterocycles. The fourth-order valence-corrected chi connectivity index (χ4v) is 4.21. The third-order valence-corrected chi connectivity index (χ3v) is 5.49. The van der Waals surface area contributed by atoms with E-state index in [0.29, 0.717) is 0 Å². The Labute approximate surface area is 140 Å². The highest BCUT2D eigenvalue weighted by molar-refractivity contribution is 7.74. The van der Waals surface area contributed by atoms with Gasteiger partial charge in [-0.1, -0.05) is 90.4 Å². The van der Waals surface area contributed by atoms with Crippen LogP contribution < -0.4 is 0 Å². The monoisotopic (exact) mass is 332 g/mol. The van der Waals surface area contributed by atoms with Crippen LogP contribution in [0, 0.1) is 0 Å². The molecule has 1 rings (SSSR count). The number of unbranched alkanes of at least 4 members (excludes halogenated alkanes) is 9. The van der Waals surface area contributed by atoms with Crippen molar-refractivity contribution in [2.24, 2.45) is 0 Å². The van der Waals surface area contributed by atoms with Gasteiger partial charge in [-0.25, -0.2) is 0 Å². The van der Waals surface area contributed by atoms with Crippen LogP contribution in [0.3, 0.4) is 0 Å². The molecule has 3 nitrogen and oxygen atoms in total. The fourth-order valence-electron chi connectivity index (χ4n) is 3.66. The summed E-state index contributed by atoms with van der Waals surface area (Å²) in [6.45, 7) is 2.26. The van der Waals surface area contributed by atoms with Crippen LogP contribution in [0.1, 0.15) is 110 Å². The molecular formula is C18H36O3S. The minimum atomic E-state index is -2.12. The van der Waals surface area contributed by atoms with Gasteiger partial charge in [0.2, 0.25) is 0 Å². The second-order valence-corrected chi connectivity index (χ2v) is 7.58. The molecule has 1 aliphatic rings. The van der Waals surface area contributed by atoms with Crippen LogP contribution in [0.25, 0.3) is 0 Å². The highest BCUT2D eigenvalue weighted by Gasteiger charge is 2.34. The van der Waals surface area contributed by atoms with Crippen LogP contribution in [0.15, 0.2) is 0 Å². The van der Waals surface area contributed by atoms with Crippen molar-refractivity contribution >= 4 is 11.4 Å². The summed E-state index contributed by atoms with van der Waals surface area (Å²) in [4.78, 5) is 0. The van der Waals surface area contributed by atoms with Crippen LogP contribution in [-0.2, 0) is 15.5 Å². The van der Waals surface area contributed by atoms with E-state index in [-0.39, 0.29) is 5.60 Å². The standard InChI is InChI=1S/C18H36O3S/c1-2-3-4-5-6-7-8-9-10-12-15-18(21-22(19)20)16-13-11-14-17-18/h2-17H2,1H3,(H,19,20). The van der Waals surface area contributed by atoms with Crippen LogP contribution >= 0.6 is 0 Å². The van der Waals surface area contributed by atoms with Crippen molar-refractivity contribution in [2.45, 2.75) is 115 Å². The predicted molar refractivity (Wildman–Crippen MR) is 94.1 cm³/mol. The summed E-state index contributed by atoms with van der Waals surface area (Å²) >= 11 is -2.12. The Morgan fingerprint density at radius 1 is 0.864 bits per heavy atom. The average molecular weight is 333 g/mol. The summed E-state index contributed by atoms with van der Waals surface area (Å²) in [6, 6.07) is 0. The molecule has 1 N–H and O–H groups in total. The third kappa shape index (κ3) is 9.26. The maximum absolute atomic E-state index is 11.0. The maximum Gasteiger partial charge on any atom is 0.302 e. The molecule has 1 unspecified atom stereocenters. The van der Waals surface area contributed by atoms with E-state index in [1.807, 2.05) is 0 Å². The Morgan fingerprint density at radius 2 is 1.36 bits per heavy atom. The lowest BCUT2D eigenvalue weighted by atomic mass is 9.81. The maximum atomic E-state index is 11.0. The molecule has 0 radical (unpaired) electrons. The van der Waals surface area contributed by atoms with Gasteiger partial charge >= 0.3 is 11.4 Å². The van der Waals surface area contributed by atoms with Gasteiger partial charge in [-0.15, -0.1) is 0 Å². The summed E-state index contributed by atoms with van der Waals surface area (Å²) in [5.74, 6) is 0. The first-order chi connectivity index (χ1) is 10.7. The van der Waals surface area contributed by atoms with Crippen molar-refractivity contribution in [3.63, 3.8) is 0 Å². The minimum Gasteiger partial charge on any atom is -0.284 e. The molecule has 0 aromatic carbocycles. The van der Waals surface area contributed by atoms with Gasteiger partial charge in [0.1, 0.15) is 0 Å². The lowest BCUT2D eigenvalue weighted by Gasteiger charge is -2.35. The molecule has 1 fully saturated rings. The Kier molecular flexibility index (Phi) is 11.4. The first kappa shape index (κ1) is 20.1. The first-order valence-electron chi connectivity index (χ1n) is 9.49. The van der Waals surface area contributed by atoms with Crippen molar-refractivity contribution in [1.82, 2.24) is 0 Å². The van der Waals surface area contributed by atoms with Gasteiger partial charge in [0.05, 0.1) is 5.60 Å². The zero-order valence-corrected chi connectivity index (χ0v) is 15.3. The molecule has 0 heterocycles. The lowest BCUT2D eigenvalue weighted by molar-refractivity contribution is 0.0245. The molecule has 4 heteroatoms. The average Bonchev–Trinajstić information content (AvgIpc) is 2.49. The largest absolute Gasteiger partial charge is 0.302 e. The Hall–Kier alpha value is 0.0700. The molecule has 0 spiro atoms. The quantitative estimate of drug-likeness (QED) is 0.325. The highest BCUT2D eigenvalue weighted by atomic mass is 32.2. The second kappa shape index (κ2) is 12.5. The van der Waals surface area contributed by atoms with Crippen molar-refractivity contribution in [3.8, 4) is 0 Å². The van der Waals surface area contributed by atoms with Gasteiger partial charge in [-0.2, -0.15) is 4.21 Å². The van der Waals surface area contributed by atoms with Crippen LogP contribution in [0.5, 0.6) is 0 Å². The summed E-state index contributed by atoms with van der Waals surface area (Å²) in [7, 11) is 0. The van der Waals surface area contributed by atoms with E-state index in [1.54, 1.807) is 0 Å². The van der Waals surface area contributed by atoms with E-state index in [9.17, 15) is 4.21 Å². The Balaban J connectivity index is 2.04. The number of hydrogen-bond acceptors (Lipinski definition) is 2. The van der Waals surface area contributed by atoms with E-state index >= 15 is 0 Å². The number of hydrogen-bond donors (Lipinski definition) is 1. The molecule has 22 heavy (non-hydrogen) atoms. The molecule has 1 atom stereocenters. The van der Waals surface area contributed by atoms with E-state index in [2.05, 4.69) is 6.92 Å². The van der Waals surface area contributed by atoms with Gasteiger partial charge < -0.3 is 0 Å². The van der Waals surface area contributed by atoms with Crippen molar-refractivity contribution < 1.29 is 12.9 Å². The predicted octanol–water partition coefficient (Wildman–Crippen LogP) is 6.15. The Bertz CT molecular complexity index is 288. The second-order valence-electron chi connectivity index (χ2n) is 6.98. The minimum absolute atomic E-state index is 0.308. The summed E-state index contributed by atoms with van der Waals surface area (Å²) in [5, 5.41) is 0. The van der Waals surface area contributed by atoms with Crippen molar-refractivity contribution in [1.29, 1.82) is 0 Å². The van der Waals surface area contributed by atoms with Crippen molar-refractivity contribution in [3.05, 3.63) is 0 Å². The number of rotatable bonds is 13. The normalized spacial score (nSPS) is 19.2. The molecular weight excluding hydrogens is 296 g/mol. The van der Waals surface area contributed by atoms with Gasteiger partial charge in [0.25, 0.3) is 0 Å². The van der Waals surface area contributed by atoms with E-state index in [4.69, 9.17) is 8.74 Å². The molecule has 1 aliphatic carbocycles. The topological polar surface area (TPSA) is 46.5 Å². The summed E-state index contributed by atoms with van der Waals surface area (Å²) in [6.07, 6.45) is 19.6. The SMILES string of the molecule is CCCCCCCCCCCCC1(OS(=O)O)CCCCC1. The third-order valence-electron chi connectivity index (χ3n) is 5.00. The molecule has 0 amide bonds. The molecule has 0 aromatic rings. The van der Waals surface area contributed by atoms with Crippen LogP contribution in [-0.4, -0.2) is 14.4 Å². The molecule has 0 saturated heterocycles. The van der Waals surface area contributed by atoms with Gasteiger partial charge in [0.15, 0.2) is 0 Å². The van der Waals surface area contributed by atoms with Gasteiger partial charge in [-0.05, 0) is 19.3 Å². The molecule has 132 valence electrons. The van der Waals surface area contributed by atoms with E-state index in [0.717, 1.165) is 38.5 Å². The molecule has 0 bridgehead atoms. The van der Waals surface area contributed by atoms with Gasteiger partial charge in [0, 0.05) is 0 Å². The fraction of sp³-hybridized carbons (Fsp3) is 1.00. The zero-order chi connectivity index (χ0) is 16.1. The van der Waals surface area contributed by atoms with Crippen LogP contribution in [0.2, 0.25) is 0 Å². The lowest BCUT2D eigenvalue weighted by Crippen LogP contribution is -2.35. The van der Waals surface area contributed by atoms with E-state index in [1.165, 1.54) is 64.2 Å². The molecule has 0 aromatic heterocycles. The van der Waals surface area contributed by atoms with E-state index < -0.39 is 11.4 Å². The summed E-state index contributed by atoms with van der Waals surface area (Å²) in [5.41, 5.74) is -0.308. The highest BCUT2D eigenvalue weighted by Crippen LogP contribution is 2.36.